The number of halogens is 3. The van der Waals surface area contributed by atoms with Crippen LogP contribution in [0, 0.1) is 11.8 Å². The maximum absolute atomic E-state index is 13.4. The van der Waals surface area contributed by atoms with Crippen LogP contribution in [0.15, 0.2) is 77.9 Å². The molecule has 4 nitrogen and oxygen atoms in total. The molecule has 3 aromatic carbocycles. The molecule has 1 aliphatic carbocycles. The average Bonchev–Trinajstić information content (AvgIpc) is 3.22. The molecule has 0 spiro atoms. The zero-order valence-corrected chi connectivity index (χ0v) is 20.7. The van der Waals surface area contributed by atoms with Crippen molar-refractivity contribution in [1.29, 1.82) is 0 Å². The summed E-state index contributed by atoms with van der Waals surface area (Å²) in [6, 6.07) is 22.4. The minimum atomic E-state index is -0.269. The number of urea groups is 1. The molecule has 174 valence electrons. The molecule has 1 heterocycles. The molecule has 2 aliphatic rings. The molecule has 3 aromatic rings. The largest absolute Gasteiger partial charge is 0.342 e. The molecule has 0 radical (unpaired) electrons. The van der Waals surface area contributed by atoms with E-state index in [9.17, 15) is 4.79 Å². The maximum atomic E-state index is 13.4. The van der Waals surface area contributed by atoms with Gasteiger partial charge in [-0.2, -0.15) is 5.10 Å². The molecule has 1 aliphatic heterocycles. The Kier molecular flexibility index (Phi) is 6.82. The first-order valence-electron chi connectivity index (χ1n) is 11.4. The number of hydrogen-bond acceptors (Lipinski definition) is 2. The lowest BCUT2D eigenvalue weighted by atomic mass is 9.73. The summed E-state index contributed by atoms with van der Waals surface area (Å²) in [5.41, 5.74) is 3.99. The van der Waals surface area contributed by atoms with Gasteiger partial charge in [0, 0.05) is 38.3 Å². The van der Waals surface area contributed by atoms with Crippen LogP contribution in [-0.2, 0) is 6.42 Å². The standard InChI is InChI=1S/C27H24Cl3N3O/c28-20-11-7-17(8-12-20)15-19-3-1-6-24-25(19)32-33(26(24)18-9-13-21(29)14-10-18)27(34)31-23-5-2-4-22(30)16-23/h2,4-5,7-14,16,19,24,26H,1,3,6,15H2,(H,31,34)/t19-,24-,26-/m0/s1. The van der Waals surface area contributed by atoms with Crippen LogP contribution in [0.1, 0.15) is 36.4 Å². The Balaban J connectivity index is 1.47. The van der Waals surface area contributed by atoms with Gasteiger partial charge in [-0.25, -0.2) is 9.80 Å². The van der Waals surface area contributed by atoms with Crippen molar-refractivity contribution in [3.05, 3.63) is 99.0 Å². The molecule has 1 N–H and O–H groups in total. The summed E-state index contributed by atoms with van der Waals surface area (Å²) < 4.78 is 0. The van der Waals surface area contributed by atoms with E-state index in [0.717, 1.165) is 42.0 Å². The van der Waals surface area contributed by atoms with Gasteiger partial charge >= 0.3 is 6.03 Å². The van der Waals surface area contributed by atoms with Gasteiger partial charge in [-0.05, 0) is 72.9 Å². The van der Waals surface area contributed by atoms with Crippen LogP contribution in [0.25, 0.3) is 0 Å². The zero-order valence-electron chi connectivity index (χ0n) is 18.4. The molecule has 0 unspecified atom stereocenters. The molecule has 0 aromatic heterocycles. The number of fused-ring (bicyclic) bond motifs is 1. The molecule has 7 heteroatoms. The van der Waals surface area contributed by atoms with E-state index in [1.54, 1.807) is 17.1 Å². The Bertz CT molecular complexity index is 1210. The number of anilines is 1. The third kappa shape index (κ3) is 4.95. The lowest BCUT2D eigenvalue weighted by Crippen LogP contribution is -2.35. The summed E-state index contributed by atoms with van der Waals surface area (Å²) in [6.45, 7) is 0. The van der Waals surface area contributed by atoms with Gasteiger partial charge in [0.15, 0.2) is 0 Å². The van der Waals surface area contributed by atoms with E-state index in [4.69, 9.17) is 39.9 Å². The lowest BCUT2D eigenvalue weighted by Gasteiger charge is -2.32. The first-order chi connectivity index (χ1) is 16.5. The van der Waals surface area contributed by atoms with Gasteiger partial charge in [-0.15, -0.1) is 0 Å². The van der Waals surface area contributed by atoms with Crippen molar-refractivity contribution in [2.75, 3.05) is 5.32 Å². The second-order valence-corrected chi connectivity index (χ2v) is 10.2. The van der Waals surface area contributed by atoms with E-state index >= 15 is 0 Å². The van der Waals surface area contributed by atoms with Crippen molar-refractivity contribution in [2.45, 2.75) is 31.7 Å². The number of amides is 2. The highest BCUT2D eigenvalue weighted by Gasteiger charge is 2.45. The van der Waals surface area contributed by atoms with Gasteiger partial charge in [0.05, 0.1) is 6.04 Å². The molecule has 0 bridgehead atoms. The zero-order chi connectivity index (χ0) is 23.7. The maximum Gasteiger partial charge on any atom is 0.342 e. The fourth-order valence-corrected chi connectivity index (χ4v) is 5.52. The number of carbonyl (C=O) groups is 1. The number of rotatable bonds is 4. The Morgan fingerprint density at radius 3 is 2.32 bits per heavy atom. The number of hydrogen-bond donors (Lipinski definition) is 1. The third-order valence-electron chi connectivity index (χ3n) is 6.62. The Morgan fingerprint density at radius 1 is 0.912 bits per heavy atom. The number of benzene rings is 3. The molecular weight excluding hydrogens is 489 g/mol. The van der Waals surface area contributed by atoms with Crippen LogP contribution in [-0.4, -0.2) is 16.8 Å². The predicted octanol–water partition coefficient (Wildman–Crippen LogP) is 8.25. The van der Waals surface area contributed by atoms with Crippen molar-refractivity contribution < 1.29 is 4.79 Å². The predicted molar refractivity (Wildman–Crippen MR) is 140 cm³/mol. The van der Waals surface area contributed by atoms with Crippen molar-refractivity contribution >= 4 is 52.2 Å². The van der Waals surface area contributed by atoms with Crippen LogP contribution in [0.3, 0.4) is 0 Å². The van der Waals surface area contributed by atoms with Crippen molar-refractivity contribution in [3.63, 3.8) is 0 Å². The molecule has 5 rings (SSSR count). The number of carbonyl (C=O) groups excluding carboxylic acids is 1. The molecule has 34 heavy (non-hydrogen) atoms. The molecule has 3 atom stereocenters. The fourth-order valence-electron chi connectivity index (χ4n) is 5.08. The summed E-state index contributed by atoms with van der Waals surface area (Å²) in [5.74, 6) is 0.441. The minimum absolute atomic E-state index is 0.164. The second kappa shape index (κ2) is 9.99. The van der Waals surface area contributed by atoms with Gasteiger partial charge in [0.1, 0.15) is 0 Å². The van der Waals surface area contributed by atoms with E-state index in [1.165, 1.54) is 5.56 Å². The van der Waals surface area contributed by atoms with Gasteiger partial charge in [-0.3, -0.25) is 0 Å². The third-order valence-corrected chi connectivity index (χ3v) is 7.36. The molecule has 1 fully saturated rings. The fraction of sp³-hybridized carbons (Fsp3) is 0.259. The number of hydrazone groups is 1. The van der Waals surface area contributed by atoms with Gasteiger partial charge in [-0.1, -0.05) is 71.6 Å². The number of nitrogens with zero attached hydrogens (tertiary/aromatic N) is 2. The second-order valence-electron chi connectivity index (χ2n) is 8.87. The lowest BCUT2D eigenvalue weighted by molar-refractivity contribution is 0.187. The van der Waals surface area contributed by atoms with Crippen molar-refractivity contribution in [3.8, 4) is 0 Å². The molecule has 1 saturated carbocycles. The van der Waals surface area contributed by atoms with Gasteiger partial charge < -0.3 is 5.32 Å². The summed E-state index contributed by atoms with van der Waals surface area (Å²) >= 11 is 18.4. The van der Waals surface area contributed by atoms with Crippen LogP contribution in [0.4, 0.5) is 10.5 Å². The minimum Gasteiger partial charge on any atom is -0.306 e. The van der Waals surface area contributed by atoms with Crippen LogP contribution in [0.5, 0.6) is 0 Å². The Morgan fingerprint density at radius 2 is 1.62 bits per heavy atom. The van der Waals surface area contributed by atoms with E-state index in [-0.39, 0.29) is 23.9 Å². The molecular formula is C27H24Cl3N3O. The number of nitrogens with one attached hydrogen (secondary N) is 1. The topological polar surface area (TPSA) is 44.7 Å². The van der Waals surface area contributed by atoms with E-state index in [0.29, 0.717) is 15.7 Å². The van der Waals surface area contributed by atoms with E-state index in [1.807, 2.05) is 48.5 Å². The normalized spacial score (nSPS) is 21.7. The summed E-state index contributed by atoms with van der Waals surface area (Å²) in [6.07, 6.45) is 4.01. The monoisotopic (exact) mass is 511 g/mol. The SMILES string of the molecule is O=C(Nc1cccc(Cl)c1)N1N=C2[C@H](Cc3ccc(Cl)cc3)CCC[C@@H]2[C@@H]1c1ccc(Cl)cc1. The van der Waals surface area contributed by atoms with Crippen LogP contribution in [0.2, 0.25) is 15.1 Å². The van der Waals surface area contributed by atoms with Gasteiger partial charge in [0.25, 0.3) is 0 Å². The van der Waals surface area contributed by atoms with Crippen LogP contribution >= 0.6 is 34.8 Å². The summed E-state index contributed by atoms with van der Waals surface area (Å²) in [4.78, 5) is 13.4. The quantitative estimate of drug-likeness (QED) is 0.376. The Hall–Kier alpha value is -2.53. The molecule has 0 saturated heterocycles. The smallest absolute Gasteiger partial charge is 0.306 e. The highest BCUT2D eigenvalue weighted by molar-refractivity contribution is 6.31. The van der Waals surface area contributed by atoms with Crippen molar-refractivity contribution in [1.82, 2.24) is 5.01 Å². The summed E-state index contributed by atoms with van der Waals surface area (Å²) in [7, 11) is 0. The highest BCUT2D eigenvalue weighted by Crippen LogP contribution is 2.45. The first kappa shape index (κ1) is 23.2. The van der Waals surface area contributed by atoms with Crippen molar-refractivity contribution in [2.24, 2.45) is 16.9 Å². The van der Waals surface area contributed by atoms with Gasteiger partial charge in [0.2, 0.25) is 0 Å². The highest BCUT2D eigenvalue weighted by atomic mass is 35.5. The van der Waals surface area contributed by atoms with Crippen LogP contribution < -0.4 is 5.32 Å². The Labute approximate surface area is 214 Å². The van der Waals surface area contributed by atoms with E-state index in [2.05, 4.69) is 17.4 Å². The molecule has 2 amide bonds. The summed E-state index contributed by atoms with van der Waals surface area (Å²) in [5, 5.41) is 11.5. The van der Waals surface area contributed by atoms with E-state index < -0.39 is 0 Å². The average molecular weight is 513 g/mol. The first-order valence-corrected chi connectivity index (χ1v) is 12.6.